The van der Waals surface area contributed by atoms with Crippen LogP contribution >= 0.6 is 0 Å². The molecule has 1 unspecified atom stereocenters. The largest absolute Gasteiger partial charge is 0.480 e. The van der Waals surface area contributed by atoms with Crippen molar-refractivity contribution in [2.45, 2.75) is 45.6 Å². The first kappa shape index (κ1) is 15.4. The molecule has 96 valence electrons. The van der Waals surface area contributed by atoms with Gasteiger partial charge in [-0.2, -0.15) is 0 Å². The molecule has 0 saturated heterocycles. The molecule has 0 fully saturated rings. The van der Waals surface area contributed by atoms with Crippen LogP contribution in [0.3, 0.4) is 0 Å². The molecule has 16 heavy (non-hydrogen) atoms. The van der Waals surface area contributed by atoms with Gasteiger partial charge in [-0.1, -0.05) is 20.3 Å². The number of aliphatic carboxylic acids is 1. The second-order valence-corrected chi connectivity index (χ2v) is 4.29. The molecule has 0 aromatic heterocycles. The second kappa shape index (κ2) is 9.60. The van der Waals surface area contributed by atoms with Crippen LogP contribution in [-0.2, 0) is 4.79 Å². The Balaban J connectivity index is 3.78. The maximum Gasteiger partial charge on any atom is 0.320 e. The van der Waals surface area contributed by atoms with E-state index in [9.17, 15) is 4.79 Å². The molecule has 0 aromatic carbocycles. The minimum Gasteiger partial charge on any atom is -0.480 e. The van der Waals surface area contributed by atoms with E-state index in [-0.39, 0.29) is 0 Å². The number of hydrogen-bond donors (Lipinski definition) is 2. The fourth-order valence-electron chi connectivity index (χ4n) is 1.52. The molecule has 0 aliphatic heterocycles. The van der Waals surface area contributed by atoms with E-state index >= 15 is 0 Å². The Bertz CT molecular complexity index is 186. The first-order valence-electron chi connectivity index (χ1n) is 6.26. The van der Waals surface area contributed by atoms with Gasteiger partial charge in [0.2, 0.25) is 0 Å². The molecule has 0 aliphatic carbocycles. The minimum absolute atomic E-state index is 0.399. The molecular formula is C12H26N2O2. The van der Waals surface area contributed by atoms with Crippen LogP contribution in [0, 0.1) is 0 Å². The Morgan fingerprint density at radius 1 is 1.31 bits per heavy atom. The van der Waals surface area contributed by atoms with Crippen molar-refractivity contribution < 1.29 is 9.90 Å². The Labute approximate surface area is 99.0 Å². The van der Waals surface area contributed by atoms with Crippen molar-refractivity contribution in [3.8, 4) is 0 Å². The average molecular weight is 230 g/mol. The minimum atomic E-state index is -0.739. The lowest BCUT2D eigenvalue weighted by Gasteiger charge is -2.19. The molecule has 0 heterocycles. The lowest BCUT2D eigenvalue weighted by atomic mass is 10.2. The summed E-state index contributed by atoms with van der Waals surface area (Å²) in [7, 11) is 2.05. The van der Waals surface area contributed by atoms with Crippen molar-refractivity contribution in [2.24, 2.45) is 0 Å². The summed E-state index contributed by atoms with van der Waals surface area (Å²) >= 11 is 0. The van der Waals surface area contributed by atoms with E-state index < -0.39 is 12.0 Å². The lowest BCUT2D eigenvalue weighted by molar-refractivity contribution is -0.139. The smallest absolute Gasteiger partial charge is 0.320 e. The summed E-state index contributed by atoms with van der Waals surface area (Å²) in [6.45, 7) is 6.87. The zero-order chi connectivity index (χ0) is 12.4. The summed E-state index contributed by atoms with van der Waals surface area (Å²) in [6.07, 6.45) is 4.00. The lowest BCUT2D eigenvalue weighted by Crippen LogP contribution is -2.39. The summed E-state index contributed by atoms with van der Waals surface area (Å²) in [5, 5.41) is 12.1. The fraction of sp³-hybridized carbons (Fsp3) is 0.917. The Hall–Kier alpha value is -0.610. The highest BCUT2D eigenvalue weighted by atomic mass is 16.4. The molecule has 2 N–H and O–H groups in total. The number of carboxylic acid groups (broad SMARTS) is 1. The third-order valence-electron chi connectivity index (χ3n) is 2.63. The molecular weight excluding hydrogens is 204 g/mol. The zero-order valence-corrected chi connectivity index (χ0v) is 10.8. The van der Waals surface area contributed by atoms with E-state index in [1.165, 1.54) is 12.8 Å². The summed E-state index contributed by atoms with van der Waals surface area (Å²) < 4.78 is 0. The van der Waals surface area contributed by atoms with Gasteiger partial charge >= 0.3 is 5.97 Å². The first-order valence-corrected chi connectivity index (χ1v) is 6.26. The number of carbonyl (C=O) groups is 1. The van der Waals surface area contributed by atoms with E-state index in [1.54, 1.807) is 0 Å². The van der Waals surface area contributed by atoms with E-state index in [1.807, 2.05) is 14.0 Å². The summed E-state index contributed by atoms with van der Waals surface area (Å²) in [5.41, 5.74) is 0. The van der Waals surface area contributed by atoms with Crippen LogP contribution in [0.25, 0.3) is 0 Å². The molecule has 0 rings (SSSR count). The van der Waals surface area contributed by atoms with Gasteiger partial charge in [0.15, 0.2) is 0 Å². The van der Waals surface area contributed by atoms with Crippen LogP contribution in [0.2, 0.25) is 0 Å². The van der Waals surface area contributed by atoms with E-state index in [0.717, 1.165) is 26.1 Å². The molecule has 4 nitrogen and oxygen atoms in total. The quantitative estimate of drug-likeness (QED) is 0.598. The standard InChI is InChI=1S/C12H26N2O2/c1-4-6-9-14(3)10-7-11(12(15)16)13-8-5-2/h11,13H,4-10H2,1-3H3,(H,15,16). The predicted octanol–water partition coefficient (Wildman–Crippen LogP) is 1.56. The van der Waals surface area contributed by atoms with Crippen LogP contribution in [0.15, 0.2) is 0 Å². The van der Waals surface area contributed by atoms with Gasteiger partial charge in [-0.15, -0.1) is 0 Å². The van der Waals surface area contributed by atoms with Gasteiger partial charge in [0.25, 0.3) is 0 Å². The molecule has 1 atom stereocenters. The highest BCUT2D eigenvalue weighted by Gasteiger charge is 2.16. The van der Waals surface area contributed by atoms with E-state index in [0.29, 0.717) is 6.42 Å². The fourth-order valence-corrected chi connectivity index (χ4v) is 1.52. The Morgan fingerprint density at radius 3 is 2.50 bits per heavy atom. The first-order chi connectivity index (χ1) is 7.61. The average Bonchev–Trinajstić information content (AvgIpc) is 2.25. The van der Waals surface area contributed by atoms with Crippen LogP contribution in [-0.4, -0.2) is 48.7 Å². The molecule has 0 spiro atoms. The van der Waals surface area contributed by atoms with Gasteiger partial charge in [-0.3, -0.25) is 4.79 Å². The van der Waals surface area contributed by atoms with E-state index in [2.05, 4.69) is 17.1 Å². The topological polar surface area (TPSA) is 52.6 Å². The second-order valence-electron chi connectivity index (χ2n) is 4.29. The highest BCUT2D eigenvalue weighted by molar-refractivity contribution is 5.73. The molecule has 4 heteroatoms. The third kappa shape index (κ3) is 7.65. The number of nitrogens with zero attached hydrogens (tertiary/aromatic N) is 1. The molecule has 0 bridgehead atoms. The number of nitrogens with one attached hydrogen (secondary N) is 1. The predicted molar refractivity (Wildman–Crippen MR) is 66.7 cm³/mol. The van der Waals surface area contributed by atoms with Gasteiger partial charge < -0.3 is 15.3 Å². The van der Waals surface area contributed by atoms with Crippen molar-refractivity contribution >= 4 is 5.97 Å². The Kier molecular flexibility index (Phi) is 9.24. The summed E-state index contributed by atoms with van der Waals surface area (Å²) in [4.78, 5) is 13.2. The Morgan fingerprint density at radius 2 is 2.00 bits per heavy atom. The number of carboxylic acids is 1. The number of rotatable bonds is 10. The van der Waals surface area contributed by atoms with Gasteiger partial charge in [-0.05, 0) is 45.9 Å². The molecule has 0 saturated carbocycles. The van der Waals surface area contributed by atoms with E-state index in [4.69, 9.17) is 5.11 Å². The van der Waals surface area contributed by atoms with Crippen molar-refractivity contribution in [3.05, 3.63) is 0 Å². The molecule has 0 aliphatic rings. The van der Waals surface area contributed by atoms with Crippen LogP contribution in [0.4, 0.5) is 0 Å². The molecule has 0 aromatic rings. The van der Waals surface area contributed by atoms with Gasteiger partial charge in [0.1, 0.15) is 6.04 Å². The third-order valence-corrected chi connectivity index (χ3v) is 2.63. The SMILES string of the molecule is CCCCN(C)CCC(NCCC)C(=O)O. The molecule has 0 radical (unpaired) electrons. The van der Waals surface area contributed by atoms with Gasteiger partial charge in [0, 0.05) is 0 Å². The maximum absolute atomic E-state index is 11.0. The molecule has 0 amide bonds. The normalized spacial score (nSPS) is 13.0. The van der Waals surface area contributed by atoms with Crippen LogP contribution in [0.5, 0.6) is 0 Å². The van der Waals surface area contributed by atoms with Crippen LogP contribution < -0.4 is 5.32 Å². The highest BCUT2D eigenvalue weighted by Crippen LogP contribution is 1.98. The monoisotopic (exact) mass is 230 g/mol. The zero-order valence-electron chi connectivity index (χ0n) is 10.8. The van der Waals surface area contributed by atoms with Crippen molar-refractivity contribution in [3.63, 3.8) is 0 Å². The van der Waals surface area contributed by atoms with Crippen molar-refractivity contribution in [2.75, 3.05) is 26.7 Å². The number of unbranched alkanes of at least 4 members (excludes halogenated alkanes) is 1. The van der Waals surface area contributed by atoms with Crippen LogP contribution in [0.1, 0.15) is 39.5 Å². The van der Waals surface area contributed by atoms with Crippen molar-refractivity contribution in [1.82, 2.24) is 10.2 Å². The van der Waals surface area contributed by atoms with Gasteiger partial charge in [-0.25, -0.2) is 0 Å². The van der Waals surface area contributed by atoms with Crippen molar-refractivity contribution in [1.29, 1.82) is 0 Å². The van der Waals surface area contributed by atoms with Gasteiger partial charge in [0.05, 0.1) is 0 Å². The number of hydrogen-bond acceptors (Lipinski definition) is 3. The summed E-state index contributed by atoms with van der Waals surface area (Å²) in [6, 6.07) is -0.399. The summed E-state index contributed by atoms with van der Waals surface area (Å²) in [5.74, 6) is -0.739. The maximum atomic E-state index is 11.0.